The van der Waals surface area contributed by atoms with Crippen molar-refractivity contribution in [3.05, 3.63) is 53.2 Å². The van der Waals surface area contributed by atoms with Crippen molar-refractivity contribution < 1.29 is 9.53 Å². The number of nitrogens with zero attached hydrogens (tertiary/aromatic N) is 5. The molecule has 1 atom stereocenters. The molecule has 1 amide bonds. The van der Waals surface area contributed by atoms with E-state index in [0.717, 1.165) is 25.7 Å². The molecular formula is C23H22ClN7O2. The number of hydrogen-bond donors (Lipinski definition) is 2. The second kappa shape index (κ2) is 7.98. The van der Waals surface area contributed by atoms with Gasteiger partial charge in [-0.15, -0.1) is 0 Å². The molecule has 0 unspecified atom stereocenters. The number of aromatic nitrogens is 3. The lowest BCUT2D eigenvalue weighted by atomic mass is 9.97. The van der Waals surface area contributed by atoms with E-state index in [1.165, 1.54) is 6.20 Å². The lowest BCUT2D eigenvalue weighted by Crippen LogP contribution is -2.43. The van der Waals surface area contributed by atoms with E-state index in [1.54, 1.807) is 41.1 Å². The van der Waals surface area contributed by atoms with E-state index in [0.29, 0.717) is 34.5 Å². The average Bonchev–Trinajstić information content (AvgIpc) is 3.49. The van der Waals surface area contributed by atoms with Gasteiger partial charge >= 0.3 is 0 Å². The number of nitriles is 1. The third-order valence-corrected chi connectivity index (χ3v) is 6.67. The molecule has 1 aromatic carbocycles. The summed E-state index contributed by atoms with van der Waals surface area (Å²) in [5.74, 6) is 0.545. The van der Waals surface area contributed by atoms with Crippen LogP contribution >= 0.6 is 11.6 Å². The number of nitrogen functional groups attached to an aromatic ring is 1. The van der Waals surface area contributed by atoms with Gasteiger partial charge in [0.25, 0.3) is 5.91 Å². The van der Waals surface area contributed by atoms with Crippen LogP contribution in [0.2, 0.25) is 5.02 Å². The van der Waals surface area contributed by atoms with Gasteiger partial charge in [0.05, 0.1) is 23.1 Å². The number of piperidine rings is 1. The summed E-state index contributed by atoms with van der Waals surface area (Å²) in [7, 11) is 0. The van der Waals surface area contributed by atoms with Crippen molar-refractivity contribution in [2.45, 2.75) is 37.3 Å². The Balaban J connectivity index is 1.43. The summed E-state index contributed by atoms with van der Waals surface area (Å²) in [6, 6.07) is 10.3. The van der Waals surface area contributed by atoms with E-state index < -0.39 is 5.91 Å². The van der Waals surface area contributed by atoms with Crippen molar-refractivity contribution in [2.24, 2.45) is 5.73 Å². The lowest BCUT2D eigenvalue weighted by Gasteiger charge is -2.36. The maximum atomic E-state index is 12.3. The summed E-state index contributed by atoms with van der Waals surface area (Å²) in [5.41, 5.74) is 13.3. The molecule has 2 aromatic heterocycles. The molecule has 3 aromatic rings. The van der Waals surface area contributed by atoms with Gasteiger partial charge in [0.1, 0.15) is 22.8 Å². The smallest absolute Gasteiger partial charge is 0.254 e. The largest absolute Gasteiger partial charge is 0.439 e. The Kier molecular flexibility index (Phi) is 5.10. The molecule has 10 heteroatoms. The number of rotatable bonds is 5. The first-order valence-electron chi connectivity index (χ1n) is 10.7. The highest BCUT2D eigenvalue weighted by Gasteiger charge is 2.51. The molecule has 9 nitrogen and oxygen atoms in total. The zero-order valence-electron chi connectivity index (χ0n) is 17.7. The minimum atomic E-state index is -0.647. The molecule has 168 valence electrons. The summed E-state index contributed by atoms with van der Waals surface area (Å²) in [4.78, 5) is 18.2. The van der Waals surface area contributed by atoms with E-state index in [9.17, 15) is 10.1 Å². The van der Waals surface area contributed by atoms with Gasteiger partial charge in [0.15, 0.2) is 6.19 Å². The Hall–Kier alpha value is -3.77. The minimum absolute atomic E-state index is 0.0112. The molecule has 0 bridgehead atoms. The zero-order valence-corrected chi connectivity index (χ0v) is 18.5. The summed E-state index contributed by atoms with van der Waals surface area (Å²) in [6.07, 6.45) is 7.64. The Morgan fingerprint density at radius 1 is 1.21 bits per heavy atom. The SMILES string of the molecule is N#CN1C[C@H](n2nc(-c3ccc(Oc4ccc(Cl)cn4)cc3)c(C(N)=O)c2N)CCC12CC2. The predicted octanol–water partition coefficient (Wildman–Crippen LogP) is 3.72. The van der Waals surface area contributed by atoms with Gasteiger partial charge in [-0.3, -0.25) is 4.79 Å². The van der Waals surface area contributed by atoms with Crippen LogP contribution in [0.3, 0.4) is 0 Å². The summed E-state index contributed by atoms with van der Waals surface area (Å²) >= 11 is 5.85. The second-order valence-corrected chi connectivity index (χ2v) is 8.92. The molecule has 3 heterocycles. The third kappa shape index (κ3) is 3.83. The standard InChI is InChI=1S/C23H22ClN7O2/c24-15-3-6-18(28-11-15)33-17-4-1-14(2-5-17)20-19(22(27)32)21(26)31(29-20)16-7-8-23(9-10-23)30(12-16)13-25/h1-6,11,16H,7-10,12,26H2,(H2,27,32)/t16-/m1/s1. The molecule has 1 saturated carbocycles. The van der Waals surface area contributed by atoms with E-state index in [1.807, 2.05) is 4.90 Å². The minimum Gasteiger partial charge on any atom is -0.439 e. The summed E-state index contributed by atoms with van der Waals surface area (Å²) in [6.45, 7) is 0.515. The number of primary amides is 1. The van der Waals surface area contributed by atoms with Gasteiger partial charge in [-0.05, 0) is 56.0 Å². The van der Waals surface area contributed by atoms with E-state index in [-0.39, 0.29) is 23.0 Å². The Labute approximate surface area is 195 Å². The maximum Gasteiger partial charge on any atom is 0.254 e. The Morgan fingerprint density at radius 2 is 1.97 bits per heavy atom. The quantitative estimate of drug-likeness (QED) is 0.550. The van der Waals surface area contributed by atoms with Crippen LogP contribution in [0.4, 0.5) is 5.82 Å². The monoisotopic (exact) mass is 463 g/mol. The van der Waals surface area contributed by atoms with Crippen molar-refractivity contribution in [1.82, 2.24) is 19.7 Å². The fourth-order valence-electron chi connectivity index (χ4n) is 4.47. The highest BCUT2D eigenvalue weighted by molar-refractivity contribution is 6.30. The van der Waals surface area contributed by atoms with E-state index in [4.69, 9.17) is 27.8 Å². The van der Waals surface area contributed by atoms with Crippen molar-refractivity contribution in [1.29, 1.82) is 5.26 Å². The first-order chi connectivity index (χ1) is 15.9. The first-order valence-corrected chi connectivity index (χ1v) is 11.0. The van der Waals surface area contributed by atoms with Gasteiger partial charge in [-0.25, -0.2) is 9.67 Å². The van der Waals surface area contributed by atoms with Crippen molar-refractivity contribution >= 4 is 23.3 Å². The molecule has 1 saturated heterocycles. The highest BCUT2D eigenvalue weighted by Crippen LogP contribution is 2.50. The predicted molar refractivity (Wildman–Crippen MR) is 122 cm³/mol. The fourth-order valence-corrected chi connectivity index (χ4v) is 4.58. The van der Waals surface area contributed by atoms with Gasteiger partial charge in [-0.1, -0.05) is 11.6 Å². The average molecular weight is 464 g/mol. The van der Waals surface area contributed by atoms with E-state index in [2.05, 4.69) is 16.3 Å². The third-order valence-electron chi connectivity index (χ3n) is 6.45. The van der Waals surface area contributed by atoms with Gasteiger partial charge in [-0.2, -0.15) is 10.4 Å². The number of nitrogens with two attached hydrogens (primary N) is 2. The number of pyridine rings is 1. The van der Waals surface area contributed by atoms with Crippen LogP contribution in [0, 0.1) is 11.5 Å². The molecule has 1 aliphatic carbocycles. The number of anilines is 1. The number of benzene rings is 1. The van der Waals surface area contributed by atoms with Crippen molar-refractivity contribution in [3.8, 4) is 29.1 Å². The number of hydrogen-bond acceptors (Lipinski definition) is 7. The molecule has 2 aliphatic rings. The summed E-state index contributed by atoms with van der Waals surface area (Å²) in [5, 5.41) is 14.8. The number of ether oxygens (including phenoxy) is 1. The fraction of sp³-hybridized carbons (Fsp3) is 0.304. The molecule has 2 fully saturated rings. The van der Waals surface area contributed by atoms with Gasteiger partial charge < -0.3 is 21.1 Å². The van der Waals surface area contributed by atoms with Gasteiger partial charge in [0.2, 0.25) is 5.88 Å². The number of carbonyl (C=O) groups is 1. The van der Waals surface area contributed by atoms with Crippen LogP contribution in [0.15, 0.2) is 42.6 Å². The molecule has 33 heavy (non-hydrogen) atoms. The zero-order chi connectivity index (χ0) is 23.2. The first kappa shape index (κ1) is 21.1. The molecule has 1 spiro atoms. The van der Waals surface area contributed by atoms with Crippen LogP contribution in [0.1, 0.15) is 42.1 Å². The highest BCUT2D eigenvalue weighted by atomic mass is 35.5. The van der Waals surface area contributed by atoms with Crippen LogP contribution in [0.5, 0.6) is 11.6 Å². The van der Waals surface area contributed by atoms with Crippen molar-refractivity contribution in [2.75, 3.05) is 12.3 Å². The normalized spacial score (nSPS) is 18.7. The Bertz CT molecular complexity index is 1240. The van der Waals surface area contributed by atoms with Crippen molar-refractivity contribution in [3.63, 3.8) is 0 Å². The Morgan fingerprint density at radius 3 is 2.58 bits per heavy atom. The number of amides is 1. The number of halogens is 1. The maximum absolute atomic E-state index is 12.3. The van der Waals surface area contributed by atoms with Crippen LogP contribution < -0.4 is 16.2 Å². The van der Waals surface area contributed by atoms with Crippen LogP contribution in [-0.4, -0.2) is 37.7 Å². The molecule has 0 radical (unpaired) electrons. The molecular weight excluding hydrogens is 442 g/mol. The number of carbonyl (C=O) groups excluding carboxylic acids is 1. The molecule has 5 rings (SSSR count). The molecule has 1 aliphatic heterocycles. The second-order valence-electron chi connectivity index (χ2n) is 8.49. The topological polar surface area (TPSA) is 136 Å². The summed E-state index contributed by atoms with van der Waals surface area (Å²) < 4.78 is 7.38. The van der Waals surface area contributed by atoms with Crippen LogP contribution in [0.25, 0.3) is 11.3 Å². The van der Waals surface area contributed by atoms with Crippen LogP contribution in [-0.2, 0) is 0 Å². The molecule has 4 N–H and O–H groups in total. The van der Waals surface area contributed by atoms with Gasteiger partial charge in [0, 0.05) is 17.8 Å². The van der Waals surface area contributed by atoms with E-state index >= 15 is 0 Å². The lowest BCUT2D eigenvalue weighted by molar-refractivity contribution is 0.100. The number of likely N-dealkylation sites (tertiary alicyclic amines) is 1.